The normalized spacial score (nSPS) is 11.0. The number of rotatable bonds is 9. The number of nitrogens with one attached hydrogen (secondary N) is 1. The van der Waals surface area contributed by atoms with E-state index in [-0.39, 0.29) is 5.91 Å². The number of amides is 1. The topological polar surface area (TPSA) is 60.5 Å². The van der Waals surface area contributed by atoms with E-state index in [2.05, 4.69) is 10.3 Å². The first-order valence-corrected chi connectivity index (χ1v) is 9.89. The van der Waals surface area contributed by atoms with Crippen molar-refractivity contribution < 1.29 is 14.3 Å². The number of hydrogen-bond acceptors (Lipinski definition) is 4. The fraction of sp³-hybridized carbons (Fsp3) is 0.250. The molecule has 5 nitrogen and oxygen atoms in total. The molecule has 3 rings (SSSR count). The van der Waals surface area contributed by atoms with Crippen LogP contribution < -0.4 is 14.8 Å². The Morgan fingerprint density at radius 3 is 2.66 bits per heavy atom. The van der Waals surface area contributed by atoms with Crippen molar-refractivity contribution >= 4 is 22.9 Å². The van der Waals surface area contributed by atoms with Gasteiger partial charge in [0.25, 0.3) is 0 Å². The van der Waals surface area contributed by atoms with Gasteiger partial charge in [-0.1, -0.05) is 30.3 Å². The lowest BCUT2D eigenvalue weighted by Gasteiger charge is -2.12. The molecule has 0 radical (unpaired) electrons. The average molecular weight is 390 g/mol. The second-order valence-corrected chi connectivity index (χ2v) is 6.44. The number of pyridine rings is 1. The minimum Gasteiger partial charge on any atom is -0.490 e. The number of hydrogen-bond donors (Lipinski definition) is 1. The molecule has 150 valence electrons. The average Bonchev–Trinajstić information content (AvgIpc) is 2.74. The molecule has 1 heterocycles. The highest BCUT2D eigenvalue weighted by Crippen LogP contribution is 2.28. The van der Waals surface area contributed by atoms with Crippen molar-refractivity contribution in [3.8, 4) is 11.5 Å². The Morgan fingerprint density at radius 2 is 1.83 bits per heavy atom. The van der Waals surface area contributed by atoms with Crippen LogP contribution in [0.5, 0.6) is 11.5 Å². The maximum atomic E-state index is 12.2. The largest absolute Gasteiger partial charge is 0.490 e. The summed E-state index contributed by atoms with van der Waals surface area (Å²) in [5, 5.41) is 3.97. The maximum absolute atomic E-state index is 12.2. The van der Waals surface area contributed by atoms with Crippen molar-refractivity contribution in [2.24, 2.45) is 0 Å². The molecule has 5 heteroatoms. The van der Waals surface area contributed by atoms with Gasteiger partial charge >= 0.3 is 0 Å². The lowest BCUT2D eigenvalue weighted by atomic mass is 10.1. The SMILES string of the molecule is CCOc1ccc(CCNC(=O)/C=C/c2cccc3cccnc23)cc1OCC. The van der Waals surface area contributed by atoms with Crippen LogP contribution in [0.3, 0.4) is 0 Å². The highest BCUT2D eigenvalue weighted by atomic mass is 16.5. The predicted octanol–water partition coefficient (Wildman–Crippen LogP) is 4.40. The zero-order chi connectivity index (χ0) is 20.5. The van der Waals surface area contributed by atoms with Crippen molar-refractivity contribution in [2.75, 3.05) is 19.8 Å². The quantitative estimate of drug-likeness (QED) is 0.550. The second-order valence-electron chi connectivity index (χ2n) is 6.44. The molecule has 29 heavy (non-hydrogen) atoms. The van der Waals surface area contributed by atoms with Gasteiger partial charge in [0.05, 0.1) is 18.7 Å². The van der Waals surface area contributed by atoms with Crippen molar-refractivity contribution in [3.05, 3.63) is 71.9 Å². The van der Waals surface area contributed by atoms with Crippen LogP contribution in [-0.2, 0) is 11.2 Å². The third-order valence-corrected chi connectivity index (χ3v) is 4.40. The van der Waals surface area contributed by atoms with Gasteiger partial charge in [0, 0.05) is 29.8 Å². The van der Waals surface area contributed by atoms with Gasteiger partial charge in [0.15, 0.2) is 11.5 Å². The molecule has 0 aliphatic carbocycles. The molecule has 0 aliphatic heterocycles. The molecular formula is C24H26N2O3. The van der Waals surface area contributed by atoms with Crippen molar-refractivity contribution in [1.82, 2.24) is 10.3 Å². The fourth-order valence-electron chi connectivity index (χ4n) is 3.07. The van der Waals surface area contributed by atoms with E-state index < -0.39 is 0 Å². The minimum absolute atomic E-state index is 0.131. The van der Waals surface area contributed by atoms with Gasteiger partial charge in [-0.2, -0.15) is 0 Å². The van der Waals surface area contributed by atoms with Crippen LogP contribution >= 0.6 is 0 Å². The highest BCUT2D eigenvalue weighted by Gasteiger charge is 2.06. The summed E-state index contributed by atoms with van der Waals surface area (Å²) in [7, 11) is 0. The fourth-order valence-corrected chi connectivity index (χ4v) is 3.07. The van der Waals surface area contributed by atoms with Gasteiger partial charge < -0.3 is 14.8 Å². The van der Waals surface area contributed by atoms with Crippen LogP contribution in [0, 0.1) is 0 Å². The summed E-state index contributed by atoms with van der Waals surface area (Å²) in [5.74, 6) is 1.35. The summed E-state index contributed by atoms with van der Waals surface area (Å²) >= 11 is 0. The summed E-state index contributed by atoms with van der Waals surface area (Å²) in [4.78, 5) is 16.6. The number of benzene rings is 2. The van der Waals surface area contributed by atoms with Gasteiger partial charge in [-0.15, -0.1) is 0 Å². The summed E-state index contributed by atoms with van der Waals surface area (Å²) < 4.78 is 11.2. The number of para-hydroxylation sites is 1. The summed E-state index contributed by atoms with van der Waals surface area (Å²) in [5.41, 5.74) is 2.89. The zero-order valence-electron chi connectivity index (χ0n) is 16.9. The summed E-state index contributed by atoms with van der Waals surface area (Å²) in [6.07, 6.45) is 5.82. The smallest absolute Gasteiger partial charge is 0.244 e. The minimum atomic E-state index is -0.131. The van der Waals surface area contributed by atoms with E-state index in [1.165, 1.54) is 0 Å². The molecule has 0 fully saturated rings. The lowest BCUT2D eigenvalue weighted by molar-refractivity contribution is -0.116. The van der Waals surface area contributed by atoms with Crippen molar-refractivity contribution in [3.63, 3.8) is 0 Å². The Kier molecular flexibility index (Phi) is 7.22. The summed E-state index contributed by atoms with van der Waals surface area (Å²) in [6, 6.07) is 15.7. The molecule has 2 aromatic carbocycles. The van der Waals surface area contributed by atoms with Crippen LogP contribution in [0.25, 0.3) is 17.0 Å². The molecular weight excluding hydrogens is 364 g/mol. The van der Waals surface area contributed by atoms with E-state index in [1.807, 2.05) is 62.4 Å². The number of ether oxygens (including phenoxy) is 2. The number of carbonyl (C=O) groups excluding carboxylic acids is 1. The standard InChI is InChI=1S/C24H26N2O3/c1-3-28-21-12-10-18(17-22(21)29-4-2)14-16-25-23(27)13-11-20-8-5-7-19-9-6-15-26-24(19)20/h5-13,15,17H,3-4,14,16H2,1-2H3,(H,25,27)/b13-11+. The van der Waals surface area contributed by atoms with Gasteiger partial charge in [-0.3, -0.25) is 9.78 Å². The van der Waals surface area contributed by atoms with Gasteiger partial charge in [-0.25, -0.2) is 0 Å². The van der Waals surface area contributed by atoms with Gasteiger partial charge in [0.1, 0.15) is 0 Å². The Bertz CT molecular complexity index is 993. The first-order valence-electron chi connectivity index (χ1n) is 9.89. The third kappa shape index (κ3) is 5.57. The van der Waals surface area contributed by atoms with E-state index >= 15 is 0 Å². The molecule has 3 aromatic rings. The van der Waals surface area contributed by atoms with Gasteiger partial charge in [-0.05, 0) is 50.1 Å². The van der Waals surface area contributed by atoms with Crippen molar-refractivity contribution in [1.29, 1.82) is 0 Å². The predicted molar refractivity (Wildman–Crippen MR) is 116 cm³/mol. The van der Waals surface area contributed by atoms with E-state index in [0.717, 1.165) is 33.5 Å². The van der Waals surface area contributed by atoms with E-state index in [4.69, 9.17) is 9.47 Å². The molecule has 0 spiro atoms. The van der Waals surface area contributed by atoms with Crippen LogP contribution in [0.1, 0.15) is 25.0 Å². The van der Waals surface area contributed by atoms with Gasteiger partial charge in [0.2, 0.25) is 5.91 Å². The zero-order valence-corrected chi connectivity index (χ0v) is 16.9. The Labute approximate surface area is 171 Å². The number of nitrogens with zero attached hydrogens (tertiary/aromatic N) is 1. The third-order valence-electron chi connectivity index (χ3n) is 4.40. The maximum Gasteiger partial charge on any atom is 0.244 e. The first-order chi connectivity index (χ1) is 14.2. The van der Waals surface area contributed by atoms with E-state index in [0.29, 0.717) is 26.2 Å². The molecule has 1 aromatic heterocycles. The molecule has 0 atom stereocenters. The summed E-state index contributed by atoms with van der Waals surface area (Å²) in [6.45, 7) is 5.60. The molecule has 0 aliphatic rings. The lowest BCUT2D eigenvalue weighted by Crippen LogP contribution is -2.23. The first kappa shape index (κ1) is 20.4. The number of aromatic nitrogens is 1. The molecule has 1 N–H and O–H groups in total. The Balaban J connectivity index is 1.57. The Morgan fingerprint density at radius 1 is 1.03 bits per heavy atom. The van der Waals surface area contributed by atoms with E-state index in [1.54, 1.807) is 18.3 Å². The second kappa shape index (κ2) is 10.3. The molecule has 0 unspecified atom stereocenters. The van der Waals surface area contributed by atoms with E-state index in [9.17, 15) is 4.79 Å². The number of carbonyl (C=O) groups is 1. The molecule has 1 amide bonds. The van der Waals surface area contributed by atoms with Crippen LogP contribution in [-0.4, -0.2) is 30.6 Å². The molecule has 0 bridgehead atoms. The Hall–Kier alpha value is -3.34. The molecule has 0 saturated heterocycles. The highest BCUT2D eigenvalue weighted by molar-refractivity contribution is 5.95. The van der Waals surface area contributed by atoms with Crippen LogP contribution in [0.2, 0.25) is 0 Å². The monoisotopic (exact) mass is 390 g/mol. The van der Waals surface area contributed by atoms with Crippen LogP contribution in [0.4, 0.5) is 0 Å². The van der Waals surface area contributed by atoms with Crippen LogP contribution in [0.15, 0.2) is 60.8 Å². The van der Waals surface area contributed by atoms with Crippen molar-refractivity contribution in [2.45, 2.75) is 20.3 Å². The number of fused-ring (bicyclic) bond motifs is 1. The molecule has 0 saturated carbocycles.